The molecule has 4 heteroatoms. The van der Waals surface area contributed by atoms with Crippen molar-refractivity contribution in [2.75, 3.05) is 0 Å². The van der Waals surface area contributed by atoms with E-state index < -0.39 is 6.29 Å². The van der Waals surface area contributed by atoms with Gasteiger partial charge in [-0.15, -0.1) is 0 Å². The van der Waals surface area contributed by atoms with E-state index in [1.807, 2.05) is 19.9 Å². The molecule has 0 amide bonds. The van der Waals surface area contributed by atoms with Crippen molar-refractivity contribution in [1.29, 1.82) is 0 Å². The zero-order chi connectivity index (χ0) is 18.0. The van der Waals surface area contributed by atoms with Gasteiger partial charge >= 0.3 is 0 Å². The summed E-state index contributed by atoms with van der Waals surface area (Å²) in [5.41, 5.74) is 3.70. The van der Waals surface area contributed by atoms with Gasteiger partial charge in [0.15, 0.2) is 6.29 Å². The number of hydrogen-bond acceptors (Lipinski definition) is 3. The summed E-state index contributed by atoms with van der Waals surface area (Å²) in [5.74, 6) is 0.176. The van der Waals surface area contributed by atoms with Gasteiger partial charge in [-0.2, -0.15) is 0 Å². The Hall–Kier alpha value is -1.78. The topological polar surface area (TPSA) is 53.4 Å². The summed E-state index contributed by atoms with van der Waals surface area (Å²) in [4.78, 5) is 4.83. The van der Waals surface area contributed by atoms with Gasteiger partial charge < -0.3 is 10.2 Å². The fraction of sp³-hybridized carbons (Fsp3) is 0.476. The van der Waals surface area contributed by atoms with Crippen LogP contribution in [0.2, 0.25) is 0 Å². The van der Waals surface area contributed by atoms with Gasteiger partial charge in [0.1, 0.15) is 5.82 Å². The van der Waals surface area contributed by atoms with E-state index >= 15 is 0 Å². The first-order valence-electron chi connectivity index (χ1n) is 9.14. The standard InChI is InChI=1S/C21H26FNO2/c1-13(2)20-19(21(24)25)17(14-8-10-16(22)11-9-14)12-18(23-20)15-6-4-3-5-7-15/h8-13,15,21,24-25H,3-7H2,1-2H3. The number of aromatic nitrogens is 1. The molecule has 0 aliphatic heterocycles. The van der Waals surface area contributed by atoms with Crippen molar-refractivity contribution in [3.8, 4) is 11.1 Å². The minimum absolute atomic E-state index is 0.0690. The molecule has 0 unspecified atom stereocenters. The van der Waals surface area contributed by atoms with Crippen molar-refractivity contribution in [2.45, 2.75) is 64.1 Å². The molecule has 3 rings (SSSR count). The van der Waals surface area contributed by atoms with Crippen LogP contribution >= 0.6 is 0 Å². The number of aliphatic hydroxyl groups excluding tert-OH is 1. The number of hydrogen-bond donors (Lipinski definition) is 2. The van der Waals surface area contributed by atoms with Crippen molar-refractivity contribution in [3.63, 3.8) is 0 Å². The van der Waals surface area contributed by atoms with Crippen molar-refractivity contribution in [3.05, 3.63) is 53.1 Å². The quantitative estimate of drug-likeness (QED) is 0.765. The lowest BCUT2D eigenvalue weighted by Crippen LogP contribution is -2.13. The first-order chi connectivity index (χ1) is 12.0. The summed E-state index contributed by atoms with van der Waals surface area (Å²) in [6, 6.07) is 8.15. The third-order valence-corrected chi connectivity index (χ3v) is 5.09. The van der Waals surface area contributed by atoms with E-state index in [0.29, 0.717) is 11.5 Å². The Morgan fingerprint density at radius 1 is 1.04 bits per heavy atom. The molecular weight excluding hydrogens is 317 g/mol. The zero-order valence-corrected chi connectivity index (χ0v) is 14.9. The Morgan fingerprint density at radius 2 is 1.68 bits per heavy atom. The second kappa shape index (κ2) is 7.63. The molecule has 1 heterocycles. The van der Waals surface area contributed by atoms with Crippen LogP contribution in [0.3, 0.4) is 0 Å². The van der Waals surface area contributed by atoms with Crippen molar-refractivity contribution < 1.29 is 14.6 Å². The Balaban J connectivity index is 2.18. The summed E-state index contributed by atoms with van der Waals surface area (Å²) >= 11 is 0. The van der Waals surface area contributed by atoms with Gasteiger partial charge in [0.05, 0.1) is 5.69 Å². The summed E-state index contributed by atoms with van der Waals surface area (Å²) in [5, 5.41) is 20.0. The smallest absolute Gasteiger partial charge is 0.180 e. The second-order valence-electron chi connectivity index (χ2n) is 7.26. The molecule has 1 saturated carbocycles. The minimum atomic E-state index is -1.61. The number of benzene rings is 1. The van der Waals surface area contributed by atoms with Gasteiger partial charge in [-0.25, -0.2) is 4.39 Å². The lowest BCUT2D eigenvalue weighted by molar-refractivity contribution is -0.0431. The molecule has 0 spiro atoms. The highest BCUT2D eigenvalue weighted by molar-refractivity contribution is 5.69. The van der Waals surface area contributed by atoms with E-state index in [0.717, 1.165) is 35.4 Å². The van der Waals surface area contributed by atoms with E-state index in [1.165, 1.54) is 31.4 Å². The molecule has 1 aliphatic carbocycles. The lowest BCUT2D eigenvalue weighted by Gasteiger charge is -2.25. The Kier molecular flexibility index (Phi) is 5.50. The summed E-state index contributed by atoms with van der Waals surface area (Å²) in [6.45, 7) is 4.01. The Morgan fingerprint density at radius 3 is 2.24 bits per heavy atom. The van der Waals surface area contributed by atoms with Crippen LogP contribution in [0.4, 0.5) is 4.39 Å². The first-order valence-corrected chi connectivity index (χ1v) is 9.14. The molecular formula is C21H26FNO2. The minimum Gasteiger partial charge on any atom is -0.364 e. The predicted octanol–water partition coefficient (Wildman–Crippen LogP) is 5.04. The molecule has 3 nitrogen and oxygen atoms in total. The molecule has 2 N–H and O–H groups in total. The van der Waals surface area contributed by atoms with Crippen LogP contribution in [-0.2, 0) is 0 Å². The molecule has 0 radical (unpaired) electrons. The number of aliphatic hydroxyl groups is 2. The zero-order valence-electron chi connectivity index (χ0n) is 14.9. The van der Waals surface area contributed by atoms with E-state index in [1.54, 1.807) is 12.1 Å². The lowest BCUT2D eigenvalue weighted by atomic mass is 9.84. The van der Waals surface area contributed by atoms with E-state index in [9.17, 15) is 14.6 Å². The molecule has 1 fully saturated rings. The molecule has 1 aromatic heterocycles. The summed E-state index contributed by atoms with van der Waals surface area (Å²) < 4.78 is 13.3. The normalized spacial score (nSPS) is 16.0. The number of halogens is 1. The Labute approximate surface area is 148 Å². The highest BCUT2D eigenvalue weighted by atomic mass is 19.1. The number of pyridine rings is 1. The van der Waals surface area contributed by atoms with Crippen LogP contribution < -0.4 is 0 Å². The second-order valence-corrected chi connectivity index (χ2v) is 7.26. The van der Waals surface area contributed by atoms with E-state index in [2.05, 4.69) is 0 Å². The molecule has 0 atom stereocenters. The average molecular weight is 343 g/mol. The summed E-state index contributed by atoms with van der Waals surface area (Å²) in [7, 11) is 0. The number of nitrogens with zero attached hydrogens (tertiary/aromatic N) is 1. The Bertz CT molecular complexity index is 719. The fourth-order valence-electron chi connectivity index (χ4n) is 3.78. The highest BCUT2D eigenvalue weighted by Gasteiger charge is 2.24. The molecule has 1 aliphatic rings. The third-order valence-electron chi connectivity index (χ3n) is 5.09. The van der Waals surface area contributed by atoms with Crippen molar-refractivity contribution >= 4 is 0 Å². The SMILES string of the molecule is CC(C)c1nc(C2CCCCC2)cc(-c2ccc(F)cc2)c1C(O)O. The third kappa shape index (κ3) is 3.91. The maximum Gasteiger partial charge on any atom is 0.180 e. The van der Waals surface area contributed by atoms with Crippen LogP contribution in [0.25, 0.3) is 11.1 Å². The van der Waals surface area contributed by atoms with Crippen LogP contribution in [0.5, 0.6) is 0 Å². The fourth-order valence-corrected chi connectivity index (χ4v) is 3.78. The number of rotatable bonds is 4. The molecule has 1 aromatic carbocycles. The largest absolute Gasteiger partial charge is 0.364 e. The average Bonchev–Trinajstić information content (AvgIpc) is 2.61. The summed E-state index contributed by atoms with van der Waals surface area (Å²) in [6.07, 6.45) is 4.32. The van der Waals surface area contributed by atoms with Gasteiger partial charge in [0.25, 0.3) is 0 Å². The molecule has 0 bridgehead atoms. The maximum atomic E-state index is 13.3. The molecule has 0 saturated heterocycles. The highest BCUT2D eigenvalue weighted by Crippen LogP contribution is 2.38. The van der Waals surface area contributed by atoms with Gasteiger partial charge in [0, 0.05) is 17.2 Å². The van der Waals surface area contributed by atoms with Crippen LogP contribution in [0.1, 0.15) is 81.0 Å². The van der Waals surface area contributed by atoms with Gasteiger partial charge in [-0.3, -0.25) is 4.98 Å². The van der Waals surface area contributed by atoms with E-state index in [4.69, 9.17) is 4.98 Å². The van der Waals surface area contributed by atoms with Crippen molar-refractivity contribution in [1.82, 2.24) is 4.98 Å². The van der Waals surface area contributed by atoms with Gasteiger partial charge in [0.2, 0.25) is 0 Å². The van der Waals surface area contributed by atoms with E-state index in [-0.39, 0.29) is 11.7 Å². The monoisotopic (exact) mass is 343 g/mol. The van der Waals surface area contributed by atoms with Crippen LogP contribution in [-0.4, -0.2) is 15.2 Å². The molecule has 2 aromatic rings. The van der Waals surface area contributed by atoms with Crippen LogP contribution in [0.15, 0.2) is 30.3 Å². The first kappa shape index (κ1) is 18.0. The van der Waals surface area contributed by atoms with Crippen LogP contribution in [0, 0.1) is 5.82 Å². The van der Waals surface area contributed by atoms with Crippen molar-refractivity contribution in [2.24, 2.45) is 0 Å². The maximum absolute atomic E-state index is 13.3. The predicted molar refractivity (Wildman–Crippen MR) is 96.7 cm³/mol. The molecule has 25 heavy (non-hydrogen) atoms. The van der Waals surface area contributed by atoms with Gasteiger partial charge in [-0.05, 0) is 48.1 Å². The molecule has 134 valence electrons. The van der Waals surface area contributed by atoms with Gasteiger partial charge in [-0.1, -0.05) is 45.2 Å².